The summed E-state index contributed by atoms with van der Waals surface area (Å²) in [4.78, 5) is 13.0. The fourth-order valence-electron chi connectivity index (χ4n) is 3.35. The molecule has 31 heavy (non-hydrogen) atoms. The number of aromatic nitrogens is 1. The first-order chi connectivity index (χ1) is 14.8. The van der Waals surface area contributed by atoms with E-state index in [-0.39, 0.29) is 18.2 Å². The lowest BCUT2D eigenvalue weighted by Crippen LogP contribution is -2.20. The highest BCUT2D eigenvalue weighted by molar-refractivity contribution is 7.78. The van der Waals surface area contributed by atoms with Crippen molar-refractivity contribution in [2.45, 2.75) is 25.3 Å². The van der Waals surface area contributed by atoms with Gasteiger partial charge in [0.25, 0.3) is 5.91 Å². The molecule has 1 aromatic heterocycles. The Labute approximate surface area is 187 Å². The molecule has 0 saturated carbocycles. The highest BCUT2D eigenvalue weighted by Crippen LogP contribution is 2.33. The van der Waals surface area contributed by atoms with E-state index < -0.39 is 23.8 Å². The number of halogens is 1. The van der Waals surface area contributed by atoms with E-state index in [4.69, 9.17) is 11.6 Å². The molecule has 164 valence electrons. The van der Waals surface area contributed by atoms with Gasteiger partial charge < -0.3 is 24.6 Å². The number of carbonyl (C=O) groups excluding carboxylic acids is 1. The Morgan fingerprint density at radius 1 is 1.23 bits per heavy atom. The summed E-state index contributed by atoms with van der Waals surface area (Å²) >= 11 is 4.19. The molecule has 0 radical (unpaired) electrons. The molecule has 3 N–H and O–H groups in total. The maximum absolute atomic E-state index is 13.0. The number of anilines is 1. The zero-order valence-electron chi connectivity index (χ0n) is 16.7. The molecule has 0 spiro atoms. The van der Waals surface area contributed by atoms with Gasteiger partial charge in [-0.2, -0.15) is 0 Å². The average Bonchev–Trinajstić information content (AvgIpc) is 3.05. The van der Waals surface area contributed by atoms with Gasteiger partial charge in [0.2, 0.25) is 0 Å². The second-order valence-corrected chi connectivity index (χ2v) is 8.39. The fraction of sp³-hybridized carbons (Fsp3) is 0.227. The van der Waals surface area contributed by atoms with Gasteiger partial charge in [0.15, 0.2) is 0 Å². The van der Waals surface area contributed by atoms with Crippen LogP contribution in [0.25, 0.3) is 11.3 Å². The van der Waals surface area contributed by atoms with Crippen molar-refractivity contribution in [1.82, 2.24) is 4.57 Å². The highest BCUT2D eigenvalue weighted by atomic mass is 35.5. The standard InChI is InChI=1S/C22H23ClN2O5S/c1-14-19(22(28)24-16-8-6-15(7-9-16)13-31(29)30)11-25(10-17(27)12-26)21(14)18-4-2-3-5-20(18)23/h2-9,11,17,26-27H,10,12-13H2,1H3,(H,24,28)(H,29,30)/p-1. The van der Waals surface area contributed by atoms with Crippen LogP contribution in [0, 0.1) is 6.92 Å². The molecule has 0 aliphatic heterocycles. The van der Waals surface area contributed by atoms with Crippen molar-refractivity contribution in [2.24, 2.45) is 0 Å². The minimum Gasteiger partial charge on any atom is -0.772 e. The molecule has 3 rings (SSSR count). The van der Waals surface area contributed by atoms with Crippen molar-refractivity contribution < 1.29 is 23.8 Å². The van der Waals surface area contributed by atoms with Gasteiger partial charge in [-0.1, -0.05) is 53.0 Å². The van der Waals surface area contributed by atoms with Crippen LogP contribution in [-0.4, -0.2) is 42.2 Å². The molecule has 9 heteroatoms. The van der Waals surface area contributed by atoms with Crippen molar-refractivity contribution in [1.29, 1.82) is 0 Å². The minimum absolute atomic E-state index is 0.0895. The number of benzene rings is 2. The maximum Gasteiger partial charge on any atom is 0.257 e. The van der Waals surface area contributed by atoms with E-state index in [0.29, 0.717) is 38.7 Å². The Kier molecular flexibility index (Phi) is 7.64. The number of aliphatic hydroxyl groups is 2. The number of carbonyl (C=O) groups is 1. The van der Waals surface area contributed by atoms with Gasteiger partial charge in [0, 0.05) is 28.2 Å². The third kappa shape index (κ3) is 5.61. The lowest BCUT2D eigenvalue weighted by molar-refractivity contribution is 0.0815. The summed E-state index contributed by atoms with van der Waals surface area (Å²) in [5, 5.41) is 22.5. The number of nitrogens with zero attached hydrogens (tertiary/aromatic N) is 1. The number of aliphatic hydroxyl groups excluding tert-OH is 2. The van der Waals surface area contributed by atoms with E-state index in [9.17, 15) is 23.8 Å². The summed E-state index contributed by atoms with van der Waals surface area (Å²) in [6, 6.07) is 13.7. The third-order valence-electron chi connectivity index (χ3n) is 4.82. The Bertz CT molecular complexity index is 1100. The lowest BCUT2D eigenvalue weighted by Gasteiger charge is -2.14. The van der Waals surface area contributed by atoms with E-state index in [0.717, 1.165) is 0 Å². The van der Waals surface area contributed by atoms with Crippen molar-refractivity contribution in [3.8, 4) is 11.3 Å². The zero-order valence-corrected chi connectivity index (χ0v) is 18.3. The van der Waals surface area contributed by atoms with Gasteiger partial charge in [-0.15, -0.1) is 0 Å². The van der Waals surface area contributed by atoms with Crippen LogP contribution in [0.4, 0.5) is 5.69 Å². The molecule has 0 aliphatic carbocycles. The topological polar surface area (TPSA) is 115 Å². The summed E-state index contributed by atoms with van der Waals surface area (Å²) in [6.45, 7) is 1.47. The molecule has 2 unspecified atom stereocenters. The van der Waals surface area contributed by atoms with Crippen LogP contribution in [-0.2, 0) is 23.4 Å². The van der Waals surface area contributed by atoms with Gasteiger partial charge in [0.1, 0.15) is 0 Å². The number of nitrogens with one attached hydrogen (secondary N) is 1. The number of hydrogen-bond donors (Lipinski definition) is 3. The Morgan fingerprint density at radius 2 is 1.90 bits per heavy atom. The smallest absolute Gasteiger partial charge is 0.257 e. The number of rotatable bonds is 8. The molecule has 2 atom stereocenters. The van der Waals surface area contributed by atoms with E-state index in [1.54, 1.807) is 54.1 Å². The summed E-state index contributed by atoms with van der Waals surface area (Å²) in [5.41, 5.74) is 3.59. The Morgan fingerprint density at radius 3 is 2.52 bits per heavy atom. The van der Waals surface area contributed by atoms with Crippen molar-refractivity contribution in [3.63, 3.8) is 0 Å². The summed E-state index contributed by atoms with van der Waals surface area (Å²) in [5.74, 6) is -0.451. The molecule has 2 aromatic carbocycles. The summed E-state index contributed by atoms with van der Waals surface area (Å²) in [7, 11) is 0. The first kappa shape index (κ1) is 23.2. The van der Waals surface area contributed by atoms with Gasteiger partial charge in [-0.25, -0.2) is 0 Å². The van der Waals surface area contributed by atoms with E-state index in [1.165, 1.54) is 0 Å². The molecule has 0 bridgehead atoms. The van der Waals surface area contributed by atoms with Crippen molar-refractivity contribution in [2.75, 3.05) is 11.9 Å². The van der Waals surface area contributed by atoms with Crippen molar-refractivity contribution in [3.05, 3.63) is 76.4 Å². The molecule has 7 nitrogen and oxygen atoms in total. The predicted octanol–water partition coefficient (Wildman–Crippen LogP) is 3.10. The zero-order chi connectivity index (χ0) is 22.5. The predicted molar refractivity (Wildman–Crippen MR) is 120 cm³/mol. The molecule has 0 aliphatic rings. The monoisotopic (exact) mass is 461 g/mol. The Balaban J connectivity index is 1.93. The lowest BCUT2D eigenvalue weighted by atomic mass is 10.1. The first-order valence-electron chi connectivity index (χ1n) is 9.50. The summed E-state index contributed by atoms with van der Waals surface area (Å²) < 4.78 is 23.3. The fourth-order valence-corrected chi connectivity index (χ4v) is 4.04. The second kappa shape index (κ2) is 10.2. The molecule has 1 amide bonds. The van der Waals surface area contributed by atoms with Crippen LogP contribution < -0.4 is 5.32 Å². The molecule has 3 aromatic rings. The first-order valence-corrected chi connectivity index (χ1v) is 11.1. The number of amides is 1. The highest BCUT2D eigenvalue weighted by Gasteiger charge is 2.22. The average molecular weight is 462 g/mol. The van der Waals surface area contributed by atoms with Gasteiger partial charge in [0.05, 0.1) is 30.5 Å². The maximum atomic E-state index is 13.0. The summed E-state index contributed by atoms with van der Waals surface area (Å²) in [6.07, 6.45) is 0.625. The van der Waals surface area contributed by atoms with Crippen LogP contribution in [0.2, 0.25) is 5.02 Å². The van der Waals surface area contributed by atoms with Crippen LogP contribution in [0.15, 0.2) is 54.7 Å². The van der Waals surface area contributed by atoms with E-state index in [2.05, 4.69) is 5.32 Å². The normalized spacial score (nSPS) is 13.1. The number of hydrogen-bond acceptors (Lipinski definition) is 5. The van der Waals surface area contributed by atoms with E-state index >= 15 is 0 Å². The minimum atomic E-state index is -2.18. The molecule has 0 fully saturated rings. The molecular formula is C22H22ClN2O5S-. The van der Waals surface area contributed by atoms with Crippen LogP contribution in [0.5, 0.6) is 0 Å². The Hall–Kier alpha value is -2.49. The van der Waals surface area contributed by atoms with Crippen LogP contribution in [0.1, 0.15) is 21.5 Å². The third-order valence-corrected chi connectivity index (χ3v) is 5.72. The van der Waals surface area contributed by atoms with Crippen molar-refractivity contribution >= 4 is 34.3 Å². The largest absolute Gasteiger partial charge is 0.772 e. The van der Waals surface area contributed by atoms with Gasteiger partial charge in [-0.05, 0) is 36.2 Å². The quantitative estimate of drug-likeness (QED) is 0.446. The second-order valence-electron chi connectivity index (χ2n) is 7.08. The van der Waals surface area contributed by atoms with Gasteiger partial charge >= 0.3 is 0 Å². The molecule has 1 heterocycles. The van der Waals surface area contributed by atoms with Gasteiger partial charge in [-0.3, -0.25) is 9.00 Å². The SMILES string of the molecule is Cc1c(C(=O)Nc2ccc(CS(=O)[O-])cc2)cn(CC(O)CO)c1-c1ccccc1Cl. The van der Waals surface area contributed by atoms with E-state index in [1.807, 2.05) is 12.1 Å². The molecular weight excluding hydrogens is 440 g/mol. The molecule has 0 saturated heterocycles. The van der Waals surface area contributed by atoms with Crippen LogP contribution >= 0.6 is 11.6 Å². The van der Waals surface area contributed by atoms with Crippen LogP contribution in [0.3, 0.4) is 0 Å².